The van der Waals surface area contributed by atoms with E-state index in [4.69, 9.17) is 4.74 Å². The van der Waals surface area contributed by atoms with Crippen LogP contribution in [0.2, 0.25) is 0 Å². The molecule has 0 aromatic carbocycles. The van der Waals surface area contributed by atoms with Crippen molar-refractivity contribution >= 4 is 6.09 Å². The quantitative estimate of drug-likeness (QED) is 0.902. The van der Waals surface area contributed by atoms with E-state index in [1.54, 1.807) is 20.8 Å². The summed E-state index contributed by atoms with van der Waals surface area (Å²) in [5, 5.41) is 5.63. The smallest absolute Gasteiger partial charge is 0.444 e. The lowest BCUT2D eigenvalue weighted by Gasteiger charge is -2.21. The molecular weight excluding hydrogens is 265 g/mol. The third-order valence-corrected chi connectivity index (χ3v) is 1.98. The van der Waals surface area contributed by atoms with E-state index in [0.29, 0.717) is 0 Å². The van der Waals surface area contributed by atoms with Crippen molar-refractivity contribution in [3.05, 3.63) is 17.5 Å². The monoisotopic (exact) mass is 280 g/mol. The van der Waals surface area contributed by atoms with Crippen LogP contribution >= 0.6 is 0 Å². The molecule has 0 bridgehead atoms. The molecule has 0 unspecified atom stereocenters. The summed E-state index contributed by atoms with van der Waals surface area (Å²) in [5.74, 6) is -1.21. The number of nitrogens with one attached hydrogen (secondary N) is 1. The molecule has 0 aliphatic heterocycles. The number of carbonyl (C=O) groups excluding carboxylic acids is 1. The molecule has 1 aromatic rings. The summed E-state index contributed by atoms with van der Waals surface area (Å²) in [6.45, 7) is 6.50. The van der Waals surface area contributed by atoms with E-state index in [2.05, 4.69) is 15.0 Å². The topological polar surface area (TPSA) is 64.4 Å². The Hall–Kier alpha value is -1.73. The fourth-order valence-electron chi connectivity index (χ4n) is 1.18. The minimum Gasteiger partial charge on any atom is -0.444 e. The van der Waals surface area contributed by atoms with E-state index in [1.165, 1.54) is 6.92 Å². The number of ether oxygens (including phenoxy) is 1. The third-order valence-electron chi connectivity index (χ3n) is 1.98. The fourth-order valence-corrected chi connectivity index (χ4v) is 1.18. The molecule has 1 atom stereocenters. The van der Waals surface area contributed by atoms with Gasteiger partial charge in [0.25, 0.3) is 0 Å². The van der Waals surface area contributed by atoms with E-state index >= 15 is 0 Å². The number of rotatable bonds is 2. The number of hydrogen-bond acceptors (Lipinski definition) is 4. The number of nitrogens with zero attached hydrogens (tertiary/aromatic N) is 1. The largest absolute Gasteiger partial charge is 0.452 e. The minimum atomic E-state index is -4.60. The van der Waals surface area contributed by atoms with Gasteiger partial charge in [-0.1, -0.05) is 5.16 Å². The van der Waals surface area contributed by atoms with Gasteiger partial charge in [0.05, 0.1) is 6.04 Å². The molecule has 0 radical (unpaired) electrons. The number of amides is 1. The number of carbonyl (C=O) groups is 1. The number of hydrogen-bond donors (Lipinski definition) is 1. The van der Waals surface area contributed by atoms with Gasteiger partial charge in [0.2, 0.25) is 5.76 Å². The predicted molar refractivity (Wildman–Crippen MR) is 59.3 cm³/mol. The molecule has 0 aliphatic carbocycles. The maximum Gasteiger partial charge on any atom is 0.452 e. The highest BCUT2D eigenvalue weighted by atomic mass is 19.4. The standard InChI is InChI=1S/C11H15F3N2O3/c1-6(15-9(17)18-10(2,3)4)7-5-8(19-16-7)11(12,13)14/h5-6H,1-4H3,(H,15,17)/t6-/m1/s1. The van der Waals surface area contributed by atoms with Gasteiger partial charge in [0.1, 0.15) is 11.3 Å². The first kappa shape index (κ1) is 15.3. The molecule has 0 fully saturated rings. The van der Waals surface area contributed by atoms with E-state index < -0.39 is 29.7 Å². The van der Waals surface area contributed by atoms with Crippen molar-refractivity contribution in [3.63, 3.8) is 0 Å². The van der Waals surface area contributed by atoms with E-state index in [9.17, 15) is 18.0 Å². The molecule has 1 heterocycles. The molecule has 1 rings (SSSR count). The second-order valence-electron chi connectivity index (χ2n) is 4.98. The van der Waals surface area contributed by atoms with Crippen LogP contribution in [0.25, 0.3) is 0 Å². The summed E-state index contributed by atoms with van der Waals surface area (Å²) in [6, 6.07) is -0.0168. The van der Waals surface area contributed by atoms with Crippen molar-refractivity contribution in [1.82, 2.24) is 10.5 Å². The van der Waals surface area contributed by atoms with Gasteiger partial charge < -0.3 is 14.6 Å². The minimum absolute atomic E-state index is 0.0295. The molecule has 0 saturated heterocycles. The average Bonchev–Trinajstić information content (AvgIpc) is 2.61. The molecule has 0 saturated carbocycles. The number of alkyl carbamates (subject to hydrolysis) is 1. The van der Waals surface area contributed by atoms with Gasteiger partial charge in [-0.25, -0.2) is 4.79 Å². The van der Waals surface area contributed by atoms with Crippen molar-refractivity contribution in [1.29, 1.82) is 0 Å². The van der Waals surface area contributed by atoms with Crippen LogP contribution in [-0.2, 0) is 10.9 Å². The summed E-state index contributed by atoms with van der Waals surface area (Å²) in [7, 11) is 0. The first-order chi connectivity index (χ1) is 8.49. The van der Waals surface area contributed by atoms with Crippen molar-refractivity contribution in [2.75, 3.05) is 0 Å². The van der Waals surface area contributed by atoms with Crippen LogP contribution in [0.5, 0.6) is 0 Å². The van der Waals surface area contributed by atoms with Gasteiger partial charge in [-0.3, -0.25) is 0 Å². The summed E-state index contributed by atoms with van der Waals surface area (Å²) in [6.07, 6.45) is -5.34. The van der Waals surface area contributed by atoms with E-state index in [0.717, 1.165) is 6.07 Å². The molecule has 0 spiro atoms. The van der Waals surface area contributed by atoms with Crippen molar-refractivity contribution in [2.45, 2.75) is 45.5 Å². The highest BCUT2D eigenvalue weighted by Gasteiger charge is 2.36. The maximum absolute atomic E-state index is 12.3. The zero-order valence-corrected chi connectivity index (χ0v) is 11.0. The van der Waals surface area contributed by atoms with Crippen LogP contribution in [0, 0.1) is 0 Å². The highest BCUT2D eigenvalue weighted by Crippen LogP contribution is 2.30. The lowest BCUT2D eigenvalue weighted by molar-refractivity contribution is -0.155. The molecule has 1 amide bonds. The maximum atomic E-state index is 12.3. The molecule has 19 heavy (non-hydrogen) atoms. The van der Waals surface area contributed by atoms with Crippen LogP contribution in [0.15, 0.2) is 10.6 Å². The number of alkyl halides is 3. The summed E-state index contributed by atoms with van der Waals surface area (Å²) < 4.78 is 46.1. The van der Waals surface area contributed by atoms with Crippen molar-refractivity contribution < 1.29 is 27.2 Å². The SMILES string of the molecule is C[C@@H](NC(=O)OC(C)(C)C)c1cc(C(F)(F)F)on1. The number of aromatic nitrogens is 1. The normalized spacial score (nSPS) is 14.1. The molecule has 1 aromatic heterocycles. The highest BCUT2D eigenvalue weighted by molar-refractivity contribution is 5.68. The second-order valence-corrected chi connectivity index (χ2v) is 4.98. The fraction of sp³-hybridized carbons (Fsp3) is 0.636. The lowest BCUT2D eigenvalue weighted by Crippen LogP contribution is -2.34. The lowest BCUT2D eigenvalue weighted by atomic mass is 10.2. The second kappa shape index (κ2) is 5.10. The van der Waals surface area contributed by atoms with Crippen LogP contribution < -0.4 is 5.32 Å². The van der Waals surface area contributed by atoms with Gasteiger partial charge in [0.15, 0.2) is 0 Å². The van der Waals surface area contributed by atoms with Crippen LogP contribution in [0.3, 0.4) is 0 Å². The van der Waals surface area contributed by atoms with Crippen molar-refractivity contribution in [3.8, 4) is 0 Å². The first-order valence-electron chi connectivity index (χ1n) is 5.52. The molecule has 8 heteroatoms. The Kier molecular flexibility index (Phi) is 4.12. The Bertz CT molecular complexity index is 449. The molecule has 0 aliphatic rings. The van der Waals surface area contributed by atoms with Crippen LogP contribution in [-0.4, -0.2) is 16.9 Å². The summed E-state index contributed by atoms with van der Waals surface area (Å²) >= 11 is 0. The van der Waals surface area contributed by atoms with Gasteiger partial charge in [-0.2, -0.15) is 13.2 Å². The van der Waals surface area contributed by atoms with E-state index in [1.807, 2.05) is 0 Å². The summed E-state index contributed by atoms with van der Waals surface area (Å²) in [4.78, 5) is 11.4. The summed E-state index contributed by atoms with van der Waals surface area (Å²) in [5.41, 5.74) is -0.719. The van der Waals surface area contributed by atoms with Crippen molar-refractivity contribution in [2.24, 2.45) is 0 Å². The predicted octanol–water partition coefficient (Wildman–Crippen LogP) is 3.28. The first-order valence-corrected chi connectivity index (χ1v) is 5.52. The van der Waals surface area contributed by atoms with E-state index in [-0.39, 0.29) is 5.69 Å². The third kappa shape index (κ3) is 4.80. The zero-order valence-electron chi connectivity index (χ0n) is 11.0. The average molecular weight is 280 g/mol. The Morgan fingerprint density at radius 3 is 2.42 bits per heavy atom. The molecule has 1 N–H and O–H groups in total. The molecule has 108 valence electrons. The molecular formula is C11H15F3N2O3. The number of halogens is 3. The Morgan fingerprint density at radius 2 is 2.00 bits per heavy atom. The Labute approximate surface area is 108 Å². The molecule has 5 nitrogen and oxygen atoms in total. The van der Waals surface area contributed by atoms with Gasteiger partial charge in [-0.15, -0.1) is 0 Å². The Balaban J connectivity index is 2.66. The van der Waals surface area contributed by atoms with Gasteiger partial charge in [0, 0.05) is 6.07 Å². The van der Waals surface area contributed by atoms with Gasteiger partial charge >= 0.3 is 12.3 Å². The van der Waals surface area contributed by atoms with Crippen LogP contribution in [0.4, 0.5) is 18.0 Å². The van der Waals surface area contributed by atoms with Crippen LogP contribution in [0.1, 0.15) is 45.2 Å². The zero-order chi connectivity index (χ0) is 14.8. The Morgan fingerprint density at radius 1 is 1.42 bits per heavy atom. The van der Waals surface area contributed by atoms with Gasteiger partial charge in [-0.05, 0) is 27.7 Å².